The zero-order valence-corrected chi connectivity index (χ0v) is 38.9. The molecule has 9 aromatic rings. The zero-order valence-electron chi connectivity index (χ0n) is 35.5. The minimum Gasteiger partial charge on any atom is -0.486 e. The number of hydrogen-bond donors (Lipinski definition) is 0. The van der Waals surface area contributed by atoms with Crippen molar-refractivity contribution >= 4 is 57.1 Å². The van der Waals surface area contributed by atoms with E-state index in [9.17, 15) is 0 Å². The number of aromatic nitrogens is 4. The summed E-state index contributed by atoms with van der Waals surface area (Å²) in [6.45, 7) is 20.8. The molecule has 0 bridgehead atoms. The van der Waals surface area contributed by atoms with Crippen LogP contribution in [0.25, 0.3) is 72.2 Å². The van der Waals surface area contributed by atoms with Crippen LogP contribution >= 0.6 is 0 Å². The molecule has 4 aromatic heterocycles. The summed E-state index contributed by atoms with van der Waals surface area (Å²) < 4.78 is 8.70. The van der Waals surface area contributed by atoms with Crippen LogP contribution in [0.1, 0.15) is 70.1 Å². The second-order valence-corrected chi connectivity index (χ2v) is 22.5. The Morgan fingerprint density at radius 3 is 2.20 bits per heavy atom. The van der Waals surface area contributed by atoms with Gasteiger partial charge in [0.25, 0.3) is 0 Å². The third-order valence-corrected chi connectivity index (χ3v) is 13.0. The van der Waals surface area contributed by atoms with Gasteiger partial charge in [0.2, 0.25) is 5.71 Å². The van der Waals surface area contributed by atoms with E-state index in [0.717, 1.165) is 56.5 Å². The number of pyridine rings is 2. The largest absolute Gasteiger partial charge is 0.486 e. The van der Waals surface area contributed by atoms with Crippen molar-refractivity contribution in [2.45, 2.75) is 79.4 Å². The van der Waals surface area contributed by atoms with E-state index >= 15 is 0 Å². The van der Waals surface area contributed by atoms with Gasteiger partial charge in [-0.25, -0.2) is 4.98 Å². The van der Waals surface area contributed by atoms with Crippen molar-refractivity contribution in [1.82, 2.24) is 19.5 Å². The van der Waals surface area contributed by atoms with E-state index in [1.54, 1.807) is 6.20 Å². The Morgan fingerprint density at radius 1 is 0.729 bits per heavy atom. The van der Waals surface area contributed by atoms with Gasteiger partial charge < -0.3 is 14.0 Å². The van der Waals surface area contributed by atoms with Crippen molar-refractivity contribution in [2.24, 2.45) is 5.92 Å². The molecular weight excluding hydrogens is 917 g/mol. The van der Waals surface area contributed by atoms with Crippen LogP contribution in [0.4, 0.5) is 0 Å². The maximum Gasteiger partial charge on any atom is 0.216 e. The van der Waals surface area contributed by atoms with E-state index < -0.39 is 8.07 Å². The molecule has 0 saturated carbocycles. The van der Waals surface area contributed by atoms with Crippen LogP contribution in [0.15, 0.2) is 126 Å². The van der Waals surface area contributed by atoms with Gasteiger partial charge in [0.15, 0.2) is 0 Å². The first-order valence-corrected chi connectivity index (χ1v) is 24.1. The van der Waals surface area contributed by atoms with Crippen LogP contribution in [-0.4, -0.2) is 27.6 Å². The summed E-state index contributed by atoms with van der Waals surface area (Å²) in [5.41, 5.74) is 11.7. The molecule has 7 heteroatoms. The number of hydrogen-bond acceptors (Lipinski definition) is 4. The van der Waals surface area contributed by atoms with E-state index in [0.29, 0.717) is 23.5 Å². The average molecular weight is 969 g/mol. The van der Waals surface area contributed by atoms with Gasteiger partial charge >= 0.3 is 0 Å². The predicted molar refractivity (Wildman–Crippen MR) is 246 cm³/mol. The molecule has 0 N–H and O–H groups in total. The van der Waals surface area contributed by atoms with Gasteiger partial charge in [0.1, 0.15) is 0 Å². The van der Waals surface area contributed by atoms with Gasteiger partial charge in [-0.05, 0) is 87.3 Å². The molecule has 1 radical (unpaired) electrons. The SMILES string of the molecule is CC(C)Cc1cc(-c2[c-]cccc2)ncc1[Si](C)(C)C.CC(C)c1cc2ccccc2c(C(C)C)c1-n1c(-c2[c-]ccc3c2oc2ncccc23)nc2ccccc21.[Ir]. The summed E-state index contributed by atoms with van der Waals surface area (Å²) in [4.78, 5) is 14.4. The molecule has 4 heterocycles. The second kappa shape index (κ2) is 17.2. The number of para-hydroxylation sites is 2. The van der Waals surface area contributed by atoms with Crippen LogP contribution in [0, 0.1) is 18.1 Å². The summed E-state index contributed by atoms with van der Waals surface area (Å²) in [6, 6.07) is 44.6. The van der Waals surface area contributed by atoms with E-state index in [4.69, 9.17) is 9.40 Å². The maximum atomic E-state index is 6.35. The third kappa shape index (κ3) is 8.21. The monoisotopic (exact) mass is 969 g/mol. The molecule has 5 nitrogen and oxygen atoms in total. The van der Waals surface area contributed by atoms with Gasteiger partial charge in [-0.15, -0.1) is 54.1 Å². The van der Waals surface area contributed by atoms with Crippen molar-refractivity contribution in [3.05, 3.63) is 150 Å². The number of nitrogens with zero attached hydrogens (tertiary/aromatic N) is 4. The minimum absolute atomic E-state index is 0. The van der Waals surface area contributed by atoms with Gasteiger partial charge in [-0.3, -0.25) is 4.98 Å². The minimum atomic E-state index is -1.34. The molecule has 301 valence electrons. The molecule has 0 aliphatic rings. The summed E-state index contributed by atoms with van der Waals surface area (Å²) in [5, 5.41) is 6.06. The van der Waals surface area contributed by atoms with Gasteiger partial charge in [-0.1, -0.05) is 120 Å². The van der Waals surface area contributed by atoms with Gasteiger partial charge in [-0.2, -0.15) is 0 Å². The fourth-order valence-corrected chi connectivity index (χ4v) is 9.89. The Balaban J connectivity index is 0.000000214. The van der Waals surface area contributed by atoms with Crippen molar-refractivity contribution in [2.75, 3.05) is 0 Å². The number of furan rings is 1. The molecule has 0 fully saturated rings. The van der Waals surface area contributed by atoms with Crippen LogP contribution in [-0.2, 0) is 26.5 Å². The van der Waals surface area contributed by atoms with Crippen LogP contribution < -0.4 is 5.19 Å². The summed E-state index contributed by atoms with van der Waals surface area (Å²) in [5.74, 6) is 2.11. The Morgan fingerprint density at radius 2 is 1.47 bits per heavy atom. The van der Waals surface area contributed by atoms with E-state index in [2.05, 4.69) is 167 Å². The molecular formula is C52H52IrN4OSi-2. The Hall–Kier alpha value is -5.20. The molecule has 0 atom stereocenters. The van der Waals surface area contributed by atoms with Crippen LogP contribution in [0.5, 0.6) is 0 Å². The smallest absolute Gasteiger partial charge is 0.216 e. The first-order valence-electron chi connectivity index (χ1n) is 20.6. The normalized spacial score (nSPS) is 11.9. The fraction of sp³-hybridized carbons (Fsp3) is 0.250. The van der Waals surface area contributed by atoms with Crippen LogP contribution in [0.3, 0.4) is 0 Å². The molecule has 0 spiro atoms. The quantitative estimate of drug-likeness (QED) is 0.112. The molecule has 0 saturated heterocycles. The van der Waals surface area contributed by atoms with Crippen LogP contribution in [0.2, 0.25) is 19.6 Å². The zero-order chi connectivity index (χ0) is 40.7. The summed E-state index contributed by atoms with van der Waals surface area (Å²) in [6.07, 6.45) is 5.00. The van der Waals surface area contributed by atoms with Gasteiger partial charge in [0, 0.05) is 43.6 Å². The first-order chi connectivity index (χ1) is 27.9. The standard InChI is InChI=1S/C34H28N3O.C18H24NSi.Ir/c1-20(2)27-19-22-11-5-6-12-23(22)30(21(3)4)31(27)37-29-17-8-7-16-28(29)36-33(37)26-14-9-13-24-25-15-10-18-35-34(25)38-32(24)26;1-14(2)11-16-12-17(15-9-7-6-8-10-15)19-13-18(16)20(3,4)5;/h5-13,15-21H,1-4H3;6-9,12-14H,11H2,1-5H3;/q2*-1;. The molecule has 9 rings (SSSR count). The molecule has 0 amide bonds. The van der Waals surface area contributed by atoms with Crippen molar-refractivity contribution in [3.63, 3.8) is 0 Å². The van der Waals surface area contributed by atoms with Crippen molar-refractivity contribution in [3.8, 4) is 28.3 Å². The number of fused-ring (bicyclic) bond motifs is 5. The number of rotatable bonds is 8. The Kier molecular flexibility index (Phi) is 12.2. The molecule has 0 aliphatic heterocycles. The maximum absolute atomic E-state index is 6.35. The van der Waals surface area contributed by atoms with Crippen molar-refractivity contribution in [1.29, 1.82) is 0 Å². The van der Waals surface area contributed by atoms with E-state index in [1.165, 1.54) is 38.3 Å². The molecule has 5 aromatic carbocycles. The molecule has 0 aliphatic carbocycles. The number of imidazole rings is 1. The van der Waals surface area contributed by atoms with E-state index in [1.807, 2.05) is 36.4 Å². The molecule has 59 heavy (non-hydrogen) atoms. The first kappa shape index (κ1) is 41.9. The number of benzene rings is 5. The van der Waals surface area contributed by atoms with Gasteiger partial charge in [0.05, 0.1) is 30.5 Å². The second-order valence-electron chi connectivity index (χ2n) is 17.4. The summed E-state index contributed by atoms with van der Waals surface area (Å²) in [7, 11) is -1.34. The Bertz CT molecular complexity index is 2900. The third-order valence-electron chi connectivity index (χ3n) is 10.9. The predicted octanol–water partition coefficient (Wildman–Crippen LogP) is 13.5. The van der Waals surface area contributed by atoms with Crippen molar-refractivity contribution < 1.29 is 24.5 Å². The molecule has 0 unspecified atom stereocenters. The average Bonchev–Trinajstić information content (AvgIpc) is 3.79. The Labute approximate surface area is 363 Å². The summed E-state index contributed by atoms with van der Waals surface area (Å²) >= 11 is 0. The van der Waals surface area contributed by atoms with E-state index in [-0.39, 0.29) is 20.1 Å². The fourth-order valence-electron chi connectivity index (χ4n) is 8.30. The topological polar surface area (TPSA) is 56.7 Å².